The number of nitrogen functional groups attached to an aromatic ring is 1. The highest BCUT2D eigenvalue weighted by Gasteiger charge is 2.29. The highest BCUT2D eigenvalue weighted by molar-refractivity contribution is 5.64. The minimum atomic E-state index is 0.295. The molecule has 1 aliphatic rings. The van der Waals surface area contributed by atoms with Gasteiger partial charge in [0.1, 0.15) is 5.75 Å². The zero-order valence-corrected chi connectivity index (χ0v) is 13.2. The Balaban J connectivity index is 2.03. The third kappa shape index (κ3) is 2.29. The smallest absolute Gasteiger partial charge is 0.123 e. The Hall–Kier alpha value is -1.96. The van der Waals surface area contributed by atoms with E-state index in [1.54, 1.807) is 0 Å². The zero-order valence-electron chi connectivity index (χ0n) is 13.2. The third-order valence-corrected chi connectivity index (χ3v) is 4.61. The van der Waals surface area contributed by atoms with Crippen molar-refractivity contribution in [3.63, 3.8) is 0 Å². The lowest BCUT2D eigenvalue weighted by molar-refractivity contribution is 0.343. The maximum absolute atomic E-state index is 6.20. The number of benzene rings is 2. The van der Waals surface area contributed by atoms with E-state index in [1.807, 2.05) is 6.92 Å². The van der Waals surface area contributed by atoms with Crippen LogP contribution in [0.3, 0.4) is 0 Å². The fourth-order valence-corrected chi connectivity index (χ4v) is 3.16. The highest BCUT2D eigenvalue weighted by Crippen LogP contribution is 2.43. The minimum absolute atomic E-state index is 0.295. The molecule has 0 saturated carbocycles. The fraction of sp³-hybridized carbons (Fsp3) is 0.368. The number of fused-ring (bicyclic) bond motifs is 1. The van der Waals surface area contributed by atoms with Crippen LogP contribution in [0, 0.1) is 13.8 Å². The van der Waals surface area contributed by atoms with Crippen LogP contribution < -0.4 is 10.5 Å². The summed E-state index contributed by atoms with van der Waals surface area (Å²) >= 11 is 0. The molecule has 2 heteroatoms. The third-order valence-electron chi connectivity index (χ3n) is 4.61. The van der Waals surface area contributed by atoms with Crippen LogP contribution in [0.2, 0.25) is 0 Å². The first-order chi connectivity index (χ1) is 9.99. The molecule has 0 radical (unpaired) electrons. The molecule has 0 aromatic heterocycles. The molecule has 0 bridgehead atoms. The first-order valence-corrected chi connectivity index (χ1v) is 7.61. The van der Waals surface area contributed by atoms with Crippen molar-refractivity contribution in [1.82, 2.24) is 0 Å². The number of nitrogens with two attached hydrogens (primary N) is 1. The van der Waals surface area contributed by atoms with Crippen molar-refractivity contribution in [3.05, 3.63) is 58.1 Å². The Kier molecular flexibility index (Phi) is 3.40. The molecule has 2 N–H and O–H groups in total. The molecule has 0 saturated heterocycles. The van der Waals surface area contributed by atoms with Crippen molar-refractivity contribution in [2.75, 3.05) is 12.3 Å². The van der Waals surface area contributed by atoms with Gasteiger partial charge < -0.3 is 10.5 Å². The number of hydrogen-bond donors (Lipinski definition) is 1. The average Bonchev–Trinajstić information content (AvgIpc) is 2.88. The summed E-state index contributed by atoms with van der Waals surface area (Å²) in [5.41, 5.74) is 13.3. The van der Waals surface area contributed by atoms with Crippen LogP contribution >= 0.6 is 0 Å². The maximum atomic E-state index is 6.20. The molecular formula is C19H23NO. The van der Waals surface area contributed by atoms with Crippen molar-refractivity contribution in [3.8, 4) is 5.75 Å². The highest BCUT2D eigenvalue weighted by atomic mass is 16.5. The molecule has 1 heterocycles. The molecule has 110 valence electrons. The summed E-state index contributed by atoms with van der Waals surface area (Å²) in [6, 6.07) is 11.0. The Labute approximate surface area is 126 Å². The summed E-state index contributed by atoms with van der Waals surface area (Å²) in [4.78, 5) is 0. The van der Waals surface area contributed by atoms with Gasteiger partial charge in [-0.1, -0.05) is 38.1 Å². The zero-order chi connectivity index (χ0) is 15.1. The van der Waals surface area contributed by atoms with Gasteiger partial charge in [0.05, 0.1) is 6.61 Å². The molecule has 1 atom stereocenters. The lowest BCUT2D eigenvalue weighted by atomic mass is 9.87. The summed E-state index contributed by atoms with van der Waals surface area (Å²) in [6.45, 7) is 9.29. The second-order valence-electron chi connectivity index (χ2n) is 6.33. The molecule has 2 nitrogen and oxygen atoms in total. The SMILES string of the molecule is Cc1cc2c(c(C)c1N)[C@@H](c1ccc(C(C)C)cc1)CO2. The topological polar surface area (TPSA) is 35.2 Å². The Bertz CT molecular complexity index is 671. The summed E-state index contributed by atoms with van der Waals surface area (Å²) in [5.74, 6) is 1.85. The van der Waals surface area contributed by atoms with Gasteiger partial charge >= 0.3 is 0 Å². The van der Waals surface area contributed by atoms with Crippen LogP contribution in [0.15, 0.2) is 30.3 Å². The molecule has 0 unspecified atom stereocenters. The molecular weight excluding hydrogens is 258 g/mol. The van der Waals surface area contributed by atoms with E-state index >= 15 is 0 Å². The molecule has 21 heavy (non-hydrogen) atoms. The van der Waals surface area contributed by atoms with E-state index in [9.17, 15) is 0 Å². The summed E-state index contributed by atoms with van der Waals surface area (Å²) in [7, 11) is 0. The van der Waals surface area contributed by atoms with E-state index in [4.69, 9.17) is 10.5 Å². The van der Waals surface area contributed by atoms with E-state index in [0.717, 1.165) is 17.0 Å². The first-order valence-electron chi connectivity index (χ1n) is 7.61. The minimum Gasteiger partial charge on any atom is -0.492 e. The fourth-order valence-electron chi connectivity index (χ4n) is 3.16. The lowest BCUT2D eigenvalue weighted by Gasteiger charge is -2.15. The molecule has 2 aromatic carbocycles. The lowest BCUT2D eigenvalue weighted by Crippen LogP contribution is -2.05. The van der Waals surface area contributed by atoms with Crippen LogP contribution in [0.4, 0.5) is 5.69 Å². The molecule has 3 rings (SSSR count). The second-order valence-corrected chi connectivity index (χ2v) is 6.33. The van der Waals surface area contributed by atoms with Gasteiger partial charge in [0.2, 0.25) is 0 Å². The Morgan fingerprint density at radius 1 is 1.14 bits per heavy atom. The monoisotopic (exact) mass is 281 g/mol. The van der Waals surface area contributed by atoms with Crippen molar-refractivity contribution in [2.24, 2.45) is 0 Å². The molecule has 0 amide bonds. The van der Waals surface area contributed by atoms with Crippen LogP contribution in [0.25, 0.3) is 0 Å². The van der Waals surface area contributed by atoms with Gasteiger partial charge in [0, 0.05) is 17.2 Å². The second kappa shape index (κ2) is 5.10. The maximum Gasteiger partial charge on any atom is 0.123 e. The van der Waals surface area contributed by atoms with Gasteiger partial charge in [-0.15, -0.1) is 0 Å². The number of aryl methyl sites for hydroxylation is 1. The number of hydrogen-bond acceptors (Lipinski definition) is 2. The van der Waals surface area contributed by atoms with Gasteiger partial charge in [0.15, 0.2) is 0 Å². The quantitative estimate of drug-likeness (QED) is 0.821. The van der Waals surface area contributed by atoms with Gasteiger partial charge in [-0.2, -0.15) is 0 Å². The van der Waals surface area contributed by atoms with Crippen LogP contribution in [-0.2, 0) is 0 Å². The number of anilines is 1. The largest absolute Gasteiger partial charge is 0.492 e. The number of rotatable bonds is 2. The van der Waals surface area contributed by atoms with E-state index in [2.05, 4.69) is 51.1 Å². The standard InChI is InChI=1S/C19H23NO/c1-11(2)14-5-7-15(8-6-14)16-10-21-17-9-12(3)19(20)13(4)18(16)17/h5-9,11,16H,10,20H2,1-4H3/t16-/m1/s1. The van der Waals surface area contributed by atoms with Crippen molar-refractivity contribution >= 4 is 5.69 Å². The molecule has 0 spiro atoms. The van der Waals surface area contributed by atoms with E-state index < -0.39 is 0 Å². The molecule has 2 aromatic rings. The van der Waals surface area contributed by atoms with Crippen LogP contribution in [-0.4, -0.2) is 6.61 Å². The van der Waals surface area contributed by atoms with Gasteiger partial charge in [0.25, 0.3) is 0 Å². The van der Waals surface area contributed by atoms with Gasteiger partial charge in [-0.3, -0.25) is 0 Å². The molecule has 0 fully saturated rings. The summed E-state index contributed by atoms with van der Waals surface area (Å²) in [6.07, 6.45) is 0. The normalized spacial score (nSPS) is 16.9. The first kappa shape index (κ1) is 14.0. The Morgan fingerprint density at radius 2 is 1.81 bits per heavy atom. The van der Waals surface area contributed by atoms with Crippen molar-refractivity contribution in [1.29, 1.82) is 0 Å². The molecule has 0 aliphatic carbocycles. The average molecular weight is 281 g/mol. The summed E-state index contributed by atoms with van der Waals surface area (Å²) in [5, 5.41) is 0. The predicted molar refractivity (Wildman–Crippen MR) is 88.2 cm³/mol. The molecule has 1 aliphatic heterocycles. The van der Waals surface area contributed by atoms with E-state index in [-0.39, 0.29) is 0 Å². The predicted octanol–water partition coefficient (Wildman–Crippen LogP) is 4.53. The number of ether oxygens (including phenoxy) is 1. The van der Waals surface area contributed by atoms with Crippen LogP contribution in [0.5, 0.6) is 5.75 Å². The van der Waals surface area contributed by atoms with E-state index in [0.29, 0.717) is 18.4 Å². The Morgan fingerprint density at radius 3 is 2.43 bits per heavy atom. The van der Waals surface area contributed by atoms with Gasteiger partial charge in [-0.25, -0.2) is 0 Å². The van der Waals surface area contributed by atoms with Gasteiger partial charge in [-0.05, 0) is 48.1 Å². The van der Waals surface area contributed by atoms with Crippen LogP contribution in [0.1, 0.15) is 53.5 Å². The summed E-state index contributed by atoms with van der Waals surface area (Å²) < 4.78 is 5.90. The van der Waals surface area contributed by atoms with Crippen molar-refractivity contribution in [2.45, 2.75) is 39.5 Å². The van der Waals surface area contributed by atoms with Crippen molar-refractivity contribution < 1.29 is 4.74 Å². The van der Waals surface area contributed by atoms with E-state index in [1.165, 1.54) is 22.3 Å².